The summed E-state index contributed by atoms with van der Waals surface area (Å²) in [5.74, 6) is 0.258. The molecule has 1 atom stereocenters. The highest BCUT2D eigenvalue weighted by atomic mass is 32.1. The van der Waals surface area contributed by atoms with Crippen LogP contribution in [-0.2, 0) is 4.79 Å². The van der Waals surface area contributed by atoms with Crippen LogP contribution in [0.2, 0.25) is 0 Å². The highest BCUT2D eigenvalue weighted by Crippen LogP contribution is 2.29. The van der Waals surface area contributed by atoms with E-state index in [2.05, 4.69) is 15.2 Å². The third kappa shape index (κ3) is 3.88. The Morgan fingerprint density at radius 3 is 2.75 bits per heavy atom. The summed E-state index contributed by atoms with van der Waals surface area (Å²) in [5.41, 5.74) is 0. The van der Waals surface area contributed by atoms with Crippen molar-refractivity contribution in [1.82, 2.24) is 15.2 Å². The van der Waals surface area contributed by atoms with Crippen molar-refractivity contribution in [2.75, 3.05) is 31.1 Å². The number of piperidine rings is 1. The molecule has 1 N–H and O–H groups in total. The van der Waals surface area contributed by atoms with Gasteiger partial charge in [-0.2, -0.15) is 0 Å². The van der Waals surface area contributed by atoms with Crippen molar-refractivity contribution in [3.8, 4) is 0 Å². The zero-order valence-electron chi connectivity index (χ0n) is 14.5. The van der Waals surface area contributed by atoms with Crippen LogP contribution in [0.3, 0.4) is 0 Å². The van der Waals surface area contributed by atoms with Crippen LogP contribution in [0.5, 0.6) is 0 Å². The second-order valence-electron chi connectivity index (χ2n) is 6.55. The second-order valence-corrected chi connectivity index (χ2v) is 7.56. The van der Waals surface area contributed by atoms with E-state index < -0.39 is 0 Å². The van der Waals surface area contributed by atoms with Gasteiger partial charge in [0.05, 0.1) is 12.1 Å². The Hall–Kier alpha value is -1.63. The number of thiazole rings is 1. The molecule has 2 fully saturated rings. The fourth-order valence-electron chi connectivity index (χ4n) is 3.15. The van der Waals surface area contributed by atoms with E-state index >= 15 is 0 Å². The van der Waals surface area contributed by atoms with Crippen molar-refractivity contribution in [1.29, 1.82) is 0 Å². The van der Waals surface area contributed by atoms with Gasteiger partial charge >= 0.3 is 0 Å². The van der Waals surface area contributed by atoms with Crippen molar-refractivity contribution in [2.45, 2.75) is 45.6 Å². The van der Waals surface area contributed by atoms with Gasteiger partial charge in [0.15, 0.2) is 5.13 Å². The van der Waals surface area contributed by atoms with Crippen LogP contribution >= 0.6 is 11.3 Å². The quantitative estimate of drug-likeness (QED) is 0.853. The van der Waals surface area contributed by atoms with E-state index in [1.807, 2.05) is 18.7 Å². The molecular weight excluding hydrogens is 324 g/mol. The maximum atomic E-state index is 12.6. The number of nitrogens with one attached hydrogen (secondary N) is 1. The fraction of sp³-hybridized carbons (Fsp3) is 0.706. The van der Waals surface area contributed by atoms with Crippen LogP contribution in [0.1, 0.15) is 49.2 Å². The van der Waals surface area contributed by atoms with E-state index in [1.54, 1.807) is 6.20 Å². The molecule has 2 amide bonds. The number of rotatable bonds is 6. The first-order valence-corrected chi connectivity index (χ1v) is 9.74. The number of amides is 2. The first kappa shape index (κ1) is 17.2. The number of aromatic nitrogens is 1. The molecule has 2 heterocycles. The zero-order chi connectivity index (χ0) is 17.1. The van der Waals surface area contributed by atoms with Gasteiger partial charge in [0.2, 0.25) is 5.91 Å². The molecule has 0 spiro atoms. The molecule has 0 aromatic carbocycles. The Labute approximate surface area is 147 Å². The molecule has 1 aromatic heterocycles. The molecule has 1 saturated carbocycles. The maximum Gasteiger partial charge on any atom is 0.263 e. The minimum atomic E-state index is -0.0194. The first-order chi connectivity index (χ1) is 11.6. The second kappa shape index (κ2) is 7.51. The third-order valence-electron chi connectivity index (χ3n) is 4.75. The molecular formula is C17H26N4O2S. The maximum absolute atomic E-state index is 12.6. The summed E-state index contributed by atoms with van der Waals surface area (Å²) >= 11 is 1.43. The predicted molar refractivity (Wildman–Crippen MR) is 95.5 cm³/mol. The van der Waals surface area contributed by atoms with E-state index in [4.69, 9.17) is 0 Å². The molecule has 7 heteroatoms. The smallest absolute Gasteiger partial charge is 0.263 e. The van der Waals surface area contributed by atoms with Gasteiger partial charge in [-0.05, 0) is 39.5 Å². The Morgan fingerprint density at radius 1 is 1.33 bits per heavy atom. The summed E-state index contributed by atoms with van der Waals surface area (Å²) in [5, 5.41) is 3.85. The molecule has 1 saturated heterocycles. The average Bonchev–Trinajstić information content (AvgIpc) is 3.27. The van der Waals surface area contributed by atoms with Gasteiger partial charge in [-0.15, -0.1) is 0 Å². The van der Waals surface area contributed by atoms with Gasteiger partial charge < -0.3 is 15.1 Å². The summed E-state index contributed by atoms with van der Waals surface area (Å²) in [6.45, 7) is 7.16. The number of anilines is 1. The Bertz CT molecular complexity index is 595. The van der Waals surface area contributed by atoms with Gasteiger partial charge in [0.25, 0.3) is 5.91 Å². The summed E-state index contributed by atoms with van der Waals surface area (Å²) in [4.78, 5) is 33.9. The predicted octanol–water partition coefficient (Wildman–Crippen LogP) is 2.12. The lowest BCUT2D eigenvalue weighted by Crippen LogP contribution is -2.44. The van der Waals surface area contributed by atoms with E-state index in [0.717, 1.165) is 50.4 Å². The van der Waals surface area contributed by atoms with E-state index in [9.17, 15) is 9.59 Å². The van der Waals surface area contributed by atoms with Crippen molar-refractivity contribution in [2.24, 2.45) is 5.92 Å². The largest absolute Gasteiger partial charge is 0.349 e. The Kier molecular flexibility index (Phi) is 5.38. The monoisotopic (exact) mass is 350 g/mol. The lowest BCUT2D eigenvalue weighted by Gasteiger charge is -2.34. The van der Waals surface area contributed by atoms with Crippen molar-refractivity contribution >= 4 is 28.3 Å². The summed E-state index contributed by atoms with van der Waals surface area (Å²) < 4.78 is 0. The summed E-state index contributed by atoms with van der Waals surface area (Å²) in [6.07, 6.45) is 5.75. The summed E-state index contributed by atoms with van der Waals surface area (Å²) in [7, 11) is 0. The van der Waals surface area contributed by atoms with Crippen LogP contribution in [0.4, 0.5) is 5.13 Å². The normalized spacial score (nSPS) is 20.8. The molecule has 2 aliphatic rings. The first-order valence-electron chi connectivity index (χ1n) is 8.92. The van der Waals surface area contributed by atoms with Crippen LogP contribution in [0.25, 0.3) is 0 Å². The molecule has 1 aliphatic heterocycles. The van der Waals surface area contributed by atoms with Gasteiger partial charge in [-0.1, -0.05) is 11.3 Å². The van der Waals surface area contributed by atoms with Gasteiger partial charge in [-0.25, -0.2) is 4.98 Å². The SMILES string of the molecule is CCN(CC)C(=O)C1CCCN(c2ncc(C(=O)NC3CC3)s2)C1. The average molecular weight is 350 g/mol. The number of carbonyl (C=O) groups is 2. The minimum absolute atomic E-state index is 0.0194. The van der Waals surface area contributed by atoms with Crippen LogP contribution in [0.15, 0.2) is 6.20 Å². The fourth-order valence-corrected chi connectivity index (χ4v) is 4.00. The third-order valence-corrected chi connectivity index (χ3v) is 5.80. The Morgan fingerprint density at radius 2 is 2.08 bits per heavy atom. The number of carbonyl (C=O) groups excluding carboxylic acids is 2. The molecule has 6 nitrogen and oxygen atoms in total. The molecule has 0 bridgehead atoms. The molecule has 0 radical (unpaired) electrons. The van der Waals surface area contributed by atoms with Crippen molar-refractivity contribution in [3.05, 3.63) is 11.1 Å². The lowest BCUT2D eigenvalue weighted by molar-refractivity contribution is -0.135. The molecule has 132 valence electrons. The van der Waals surface area contributed by atoms with Gasteiger partial charge in [0.1, 0.15) is 4.88 Å². The van der Waals surface area contributed by atoms with E-state index in [-0.39, 0.29) is 17.7 Å². The highest BCUT2D eigenvalue weighted by molar-refractivity contribution is 7.17. The van der Waals surface area contributed by atoms with Gasteiger partial charge in [-0.3, -0.25) is 9.59 Å². The van der Waals surface area contributed by atoms with Crippen molar-refractivity contribution in [3.63, 3.8) is 0 Å². The summed E-state index contributed by atoms with van der Waals surface area (Å²) in [6, 6.07) is 0.356. The highest BCUT2D eigenvalue weighted by Gasteiger charge is 2.30. The molecule has 1 aromatic rings. The van der Waals surface area contributed by atoms with Gasteiger partial charge in [0, 0.05) is 32.2 Å². The molecule has 3 rings (SSSR count). The molecule has 24 heavy (non-hydrogen) atoms. The number of hydrogen-bond donors (Lipinski definition) is 1. The minimum Gasteiger partial charge on any atom is -0.349 e. The van der Waals surface area contributed by atoms with E-state index in [1.165, 1.54) is 11.3 Å². The zero-order valence-corrected chi connectivity index (χ0v) is 15.3. The Balaban J connectivity index is 1.63. The van der Waals surface area contributed by atoms with Crippen molar-refractivity contribution < 1.29 is 9.59 Å². The van der Waals surface area contributed by atoms with E-state index in [0.29, 0.717) is 17.5 Å². The standard InChI is InChI=1S/C17H26N4O2S/c1-3-20(4-2)16(23)12-6-5-9-21(11-12)17-18-10-14(24-17)15(22)19-13-7-8-13/h10,12-13H,3-9,11H2,1-2H3,(H,19,22). The number of hydrogen-bond acceptors (Lipinski definition) is 5. The van der Waals surface area contributed by atoms with Crippen LogP contribution in [-0.4, -0.2) is 53.9 Å². The lowest BCUT2D eigenvalue weighted by atomic mass is 9.97. The number of nitrogens with zero attached hydrogens (tertiary/aromatic N) is 3. The molecule has 1 aliphatic carbocycles. The van der Waals surface area contributed by atoms with Crippen LogP contribution < -0.4 is 10.2 Å². The molecule has 1 unspecified atom stereocenters. The van der Waals surface area contributed by atoms with Crippen LogP contribution in [0, 0.1) is 5.92 Å². The topological polar surface area (TPSA) is 65.5 Å².